The van der Waals surface area contributed by atoms with Crippen molar-refractivity contribution >= 4 is 21.6 Å². The molecule has 2 rings (SSSR count). The molecule has 0 radical (unpaired) electrons. The van der Waals surface area contributed by atoms with Gasteiger partial charge in [0.15, 0.2) is 16.4 Å². The Hall–Kier alpha value is -2.23. The first kappa shape index (κ1) is 18.1. The number of nitro groups is 1. The largest absolute Gasteiger partial charge is 0.476 e. The third-order valence-electron chi connectivity index (χ3n) is 3.81. The Morgan fingerprint density at radius 1 is 1.50 bits per heavy atom. The molecule has 132 valence electrons. The predicted molar refractivity (Wildman–Crippen MR) is 85.6 cm³/mol. The summed E-state index contributed by atoms with van der Waals surface area (Å²) in [5.74, 6) is -0.938. The van der Waals surface area contributed by atoms with Crippen molar-refractivity contribution in [3.63, 3.8) is 0 Å². The van der Waals surface area contributed by atoms with Gasteiger partial charge in [-0.05, 0) is 35.4 Å². The molecule has 2 heterocycles. The zero-order chi connectivity index (χ0) is 17.9. The van der Waals surface area contributed by atoms with Crippen molar-refractivity contribution in [2.45, 2.75) is 26.3 Å². The summed E-state index contributed by atoms with van der Waals surface area (Å²) in [5.41, 5.74) is 0.465. The molecule has 9 nitrogen and oxygen atoms in total. The maximum atomic E-state index is 12.3. The van der Waals surface area contributed by atoms with Crippen LogP contribution in [0.15, 0.2) is 12.1 Å². The second-order valence-corrected chi connectivity index (χ2v) is 7.79. The van der Waals surface area contributed by atoms with Crippen molar-refractivity contribution in [3.05, 3.63) is 27.9 Å². The number of sulfone groups is 1. The molecule has 1 atom stereocenters. The summed E-state index contributed by atoms with van der Waals surface area (Å²) >= 11 is 0. The van der Waals surface area contributed by atoms with Crippen molar-refractivity contribution in [1.82, 2.24) is 9.88 Å². The van der Waals surface area contributed by atoms with Gasteiger partial charge in [-0.3, -0.25) is 4.79 Å². The van der Waals surface area contributed by atoms with Crippen LogP contribution >= 0.6 is 0 Å². The lowest BCUT2D eigenvalue weighted by Gasteiger charge is -2.26. The minimum Gasteiger partial charge on any atom is -0.476 e. The molecule has 1 amide bonds. The molecule has 0 saturated carbocycles. The lowest BCUT2D eigenvalue weighted by atomic mass is 10.2. The van der Waals surface area contributed by atoms with E-state index in [1.165, 1.54) is 11.0 Å². The van der Waals surface area contributed by atoms with Gasteiger partial charge in [0, 0.05) is 19.5 Å². The fourth-order valence-corrected chi connectivity index (χ4v) is 4.39. The van der Waals surface area contributed by atoms with Crippen LogP contribution in [-0.2, 0) is 14.6 Å². The number of ether oxygens (including phenoxy) is 1. The molecule has 1 aromatic heterocycles. The summed E-state index contributed by atoms with van der Waals surface area (Å²) in [5, 5.41) is 11.0. The van der Waals surface area contributed by atoms with E-state index < -0.39 is 33.1 Å². The predicted octanol–water partition coefficient (Wildman–Crippen LogP) is 0.713. The Morgan fingerprint density at radius 2 is 2.21 bits per heavy atom. The van der Waals surface area contributed by atoms with Crippen LogP contribution in [0.1, 0.15) is 19.0 Å². The highest BCUT2D eigenvalue weighted by Crippen LogP contribution is 2.25. The minimum absolute atomic E-state index is 0.0567. The van der Waals surface area contributed by atoms with Gasteiger partial charge in [-0.15, -0.1) is 0 Å². The van der Waals surface area contributed by atoms with E-state index in [-0.39, 0.29) is 23.3 Å². The molecule has 1 fully saturated rings. The zero-order valence-corrected chi connectivity index (χ0v) is 14.3. The monoisotopic (exact) mass is 357 g/mol. The smallest absolute Gasteiger partial charge is 0.406 e. The average Bonchev–Trinajstić information content (AvgIpc) is 2.86. The first-order chi connectivity index (χ1) is 11.2. The maximum absolute atomic E-state index is 12.3. The number of hydrogen-bond acceptors (Lipinski definition) is 7. The van der Waals surface area contributed by atoms with Crippen LogP contribution in [0.4, 0.5) is 5.82 Å². The molecule has 1 aliphatic heterocycles. The number of pyridine rings is 1. The first-order valence-corrected chi connectivity index (χ1v) is 9.30. The van der Waals surface area contributed by atoms with Gasteiger partial charge in [0.1, 0.15) is 5.69 Å². The van der Waals surface area contributed by atoms with E-state index in [4.69, 9.17) is 4.74 Å². The van der Waals surface area contributed by atoms with Crippen LogP contribution in [0.3, 0.4) is 0 Å². The van der Waals surface area contributed by atoms with Crippen LogP contribution in [-0.4, -0.2) is 59.8 Å². The van der Waals surface area contributed by atoms with Crippen molar-refractivity contribution < 1.29 is 22.9 Å². The van der Waals surface area contributed by atoms with Gasteiger partial charge in [0.05, 0.1) is 11.5 Å². The number of likely N-dealkylation sites (N-methyl/N-ethyl adjacent to an activating group) is 1. The molecule has 0 N–H and O–H groups in total. The number of carbonyl (C=O) groups is 1. The van der Waals surface area contributed by atoms with Gasteiger partial charge in [-0.25, -0.2) is 8.42 Å². The fraction of sp³-hybridized carbons (Fsp3) is 0.571. The quantitative estimate of drug-likeness (QED) is 0.543. The van der Waals surface area contributed by atoms with E-state index in [1.807, 2.05) is 0 Å². The molecule has 24 heavy (non-hydrogen) atoms. The van der Waals surface area contributed by atoms with E-state index in [0.717, 1.165) is 0 Å². The van der Waals surface area contributed by atoms with Crippen LogP contribution in [0, 0.1) is 17.0 Å². The van der Waals surface area contributed by atoms with Gasteiger partial charge in [0.25, 0.3) is 5.91 Å². The number of amides is 1. The SMILES string of the molecule is CCN(C(=O)COc1ccc(C)nc1[N+](=O)[O-])[C@H]1CCS(=O)(=O)C1. The summed E-state index contributed by atoms with van der Waals surface area (Å²) in [6.45, 7) is 3.30. The summed E-state index contributed by atoms with van der Waals surface area (Å²) in [4.78, 5) is 27.9. The van der Waals surface area contributed by atoms with Crippen molar-refractivity contribution in [3.8, 4) is 5.75 Å². The van der Waals surface area contributed by atoms with Crippen LogP contribution in [0.25, 0.3) is 0 Å². The van der Waals surface area contributed by atoms with E-state index in [0.29, 0.717) is 18.7 Å². The minimum atomic E-state index is -3.11. The van der Waals surface area contributed by atoms with Crippen molar-refractivity contribution in [2.75, 3.05) is 24.7 Å². The molecular formula is C14H19N3O6S. The van der Waals surface area contributed by atoms with Gasteiger partial charge in [-0.1, -0.05) is 0 Å². The van der Waals surface area contributed by atoms with Gasteiger partial charge in [0.2, 0.25) is 5.75 Å². The van der Waals surface area contributed by atoms with Gasteiger partial charge < -0.3 is 19.8 Å². The summed E-state index contributed by atoms with van der Waals surface area (Å²) in [7, 11) is -3.11. The van der Waals surface area contributed by atoms with E-state index in [2.05, 4.69) is 4.98 Å². The second kappa shape index (κ2) is 7.12. The van der Waals surface area contributed by atoms with Gasteiger partial charge in [-0.2, -0.15) is 0 Å². The molecule has 0 unspecified atom stereocenters. The lowest BCUT2D eigenvalue weighted by Crippen LogP contribution is -2.43. The van der Waals surface area contributed by atoms with Crippen molar-refractivity contribution in [2.24, 2.45) is 0 Å². The highest BCUT2D eigenvalue weighted by molar-refractivity contribution is 7.91. The Bertz CT molecular complexity index is 749. The topological polar surface area (TPSA) is 120 Å². The normalized spacial score (nSPS) is 19.0. The molecule has 0 aliphatic carbocycles. The third-order valence-corrected chi connectivity index (χ3v) is 5.56. The van der Waals surface area contributed by atoms with Gasteiger partial charge >= 0.3 is 5.82 Å². The number of aryl methyl sites for hydroxylation is 1. The number of rotatable bonds is 6. The van der Waals surface area contributed by atoms with Crippen LogP contribution in [0.5, 0.6) is 5.75 Å². The standard InChI is InChI=1S/C14H19N3O6S/c1-3-16(11-6-7-24(21,22)9-11)13(18)8-23-12-5-4-10(2)15-14(12)17(19)20/h4-5,11H,3,6-9H2,1-2H3/t11-/m0/s1. The molecule has 1 saturated heterocycles. The fourth-order valence-electron chi connectivity index (χ4n) is 2.66. The number of nitrogens with zero attached hydrogens (tertiary/aromatic N) is 3. The Morgan fingerprint density at radius 3 is 2.75 bits per heavy atom. The molecule has 10 heteroatoms. The number of hydrogen-bond donors (Lipinski definition) is 0. The Kier molecular flexibility index (Phi) is 5.37. The molecule has 0 aromatic carbocycles. The average molecular weight is 357 g/mol. The molecule has 1 aliphatic rings. The lowest BCUT2D eigenvalue weighted by molar-refractivity contribution is -0.390. The number of carbonyl (C=O) groups excluding carboxylic acids is 1. The summed E-state index contributed by atoms with van der Waals surface area (Å²) in [6.07, 6.45) is 0.397. The highest BCUT2D eigenvalue weighted by Gasteiger charge is 2.34. The molecule has 1 aromatic rings. The van der Waals surface area contributed by atoms with E-state index in [9.17, 15) is 23.3 Å². The highest BCUT2D eigenvalue weighted by atomic mass is 32.2. The molecule has 0 bridgehead atoms. The summed E-state index contributed by atoms with van der Waals surface area (Å²) in [6, 6.07) is 2.57. The van der Waals surface area contributed by atoms with E-state index in [1.54, 1.807) is 19.9 Å². The van der Waals surface area contributed by atoms with Crippen LogP contribution in [0.2, 0.25) is 0 Å². The second-order valence-electron chi connectivity index (χ2n) is 5.56. The zero-order valence-electron chi connectivity index (χ0n) is 13.5. The maximum Gasteiger partial charge on any atom is 0.406 e. The van der Waals surface area contributed by atoms with Crippen molar-refractivity contribution in [1.29, 1.82) is 0 Å². The molecule has 0 spiro atoms. The summed E-state index contributed by atoms with van der Waals surface area (Å²) < 4.78 is 28.4. The first-order valence-electron chi connectivity index (χ1n) is 7.48. The third kappa shape index (κ3) is 4.19. The van der Waals surface area contributed by atoms with E-state index >= 15 is 0 Å². The number of aromatic nitrogens is 1. The van der Waals surface area contributed by atoms with Crippen LogP contribution < -0.4 is 4.74 Å². The Labute approximate surface area is 139 Å². The molecular weight excluding hydrogens is 338 g/mol. The Balaban J connectivity index is 2.06.